The van der Waals surface area contributed by atoms with E-state index in [0.29, 0.717) is 24.9 Å². The highest BCUT2D eigenvalue weighted by molar-refractivity contribution is 5.78. The Hall–Kier alpha value is -1.35. The first-order valence-corrected chi connectivity index (χ1v) is 8.46. The van der Waals surface area contributed by atoms with E-state index in [1.807, 2.05) is 23.1 Å². The van der Waals surface area contributed by atoms with Crippen LogP contribution in [0.3, 0.4) is 0 Å². The van der Waals surface area contributed by atoms with Gasteiger partial charge in [0.15, 0.2) is 0 Å². The van der Waals surface area contributed by atoms with E-state index < -0.39 is 0 Å². The number of carbonyl (C=O) groups excluding carboxylic acids is 1. The molecule has 0 aliphatic rings. The summed E-state index contributed by atoms with van der Waals surface area (Å²) in [7, 11) is 0. The largest absolute Gasteiger partial charge is 0.338 e. The molecule has 0 fully saturated rings. The predicted molar refractivity (Wildman–Crippen MR) is 93.6 cm³/mol. The molecule has 0 unspecified atom stereocenters. The van der Waals surface area contributed by atoms with Gasteiger partial charge >= 0.3 is 0 Å². The highest BCUT2D eigenvalue weighted by atomic mass is 16.2. The van der Waals surface area contributed by atoms with Crippen molar-refractivity contribution in [3.63, 3.8) is 0 Å². The van der Waals surface area contributed by atoms with E-state index in [1.165, 1.54) is 5.56 Å². The van der Waals surface area contributed by atoms with Crippen LogP contribution in [-0.2, 0) is 11.3 Å². The molecule has 0 saturated heterocycles. The SMILES string of the molecule is CCN(Cc1ccccc1)C(=O)CN(CC(C)C)CC(C)C. The molecule has 1 aromatic rings. The smallest absolute Gasteiger partial charge is 0.237 e. The van der Waals surface area contributed by atoms with Crippen molar-refractivity contribution in [2.45, 2.75) is 41.2 Å². The number of rotatable bonds is 9. The third-order valence-corrected chi connectivity index (χ3v) is 3.56. The van der Waals surface area contributed by atoms with Gasteiger partial charge in [-0.25, -0.2) is 0 Å². The predicted octanol–water partition coefficient (Wildman–Crippen LogP) is 3.65. The molecule has 0 aromatic heterocycles. The van der Waals surface area contributed by atoms with E-state index >= 15 is 0 Å². The van der Waals surface area contributed by atoms with Gasteiger partial charge in [0.25, 0.3) is 0 Å². The molecule has 0 bridgehead atoms. The lowest BCUT2D eigenvalue weighted by Crippen LogP contribution is -2.42. The first kappa shape index (κ1) is 18.7. The number of hydrogen-bond acceptors (Lipinski definition) is 2. The van der Waals surface area contributed by atoms with Crippen LogP contribution in [0.1, 0.15) is 40.2 Å². The van der Waals surface area contributed by atoms with Gasteiger partial charge in [0, 0.05) is 26.2 Å². The Morgan fingerprint density at radius 3 is 2.00 bits per heavy atom. The number of nitrogens with zero attached hydrogens (tertiary/aromatic N) is 2. The van der Waals surface area contributed by atoms with Gasteiger partial charge in [0.1, 0.15) is 0 Å². The minimum atomic E-state index is 0.229. The van der Waals surface area contributed by atoms with Crippen molar-refractivity contribution in [2.75, 3.05) is 26.2 Å². The Morgan fingerprint density at radius 1 is 1.00 bits per heavy atom. The van der Waals surface area contributed by atoms with Crippen LogP contribution < -0.4 is 0 Å². The highest BCUT2D eigenvalue weighted by Crippen LogP contribution is 2.08. The van der Waals surface area contributed by atoms with Gasteiger partial charge in [0.2, 0.25) is 5.91 Å². The summed E-state index contributed by atoms with van der Waals surface area (Å²) in [4.78, 5) is 16.9. The second-order valence-corrected chi connectivity index (χ2v) is 6.88. The molecule has 0 atom stereocenters. The quantitative estimate of drug-likeness (QED) is 0.695. The van der Waals surface area contributed by atoms with Gasteiger partial charge in [0.05, 0.1) is 6.54 Å². The number of likely N-dealkylation sites (N-methyl/N-ethyl adjacent to an activating group) is 1. The van der Waals surface area contributed by atoms with Gasteiger partial charge in [-0.3, -0.25) is 9.69 Å². The third kappa shape index (κ3) is 7.08. The number of hydrogen-bond donors (Lipinski definition) is 0. The van der Waals surface area contributed by atoms with Crippen LogP contribution in [0.25, 0.3) is 0 Å². The molecule has 1 aromatic carbocycles. The van der Waals surface area contributed by atoms with Gasteiger partial charge in [-0.2, -0.15) is 0 Å². The molecule has 0 saturated carbocycles. The zero-order chi connectivity index (χ0) is 16.5. The second-order valence-electron chi connectivity index (χ2n) is 6.88. The summed E-state index contributed by atoms with van der Waals surface area (Å²) in [6.07, 6.45) is 0. The topological polar surface area (TPSA) is 23.6 Å². The van der Waals surface area contributed by atoms with E-state index in [9.17, 15) is 4.79 Å². The van der Waals surface area contributed by atoms with Gasteiger partial charge in [-0.1, -0.05) is 58.0 Å². The van der Waals surface area contributed by atoms with Crippen LogP contribution in [0, 0.1) is 11.8 Å². The number of benzene rings is 1. The average Bonchev–Trinajstić information content (AvgIpc) is 2.44. The van der Waals surface area contributed by atoms with Crippen molar-refractivity contribution in [2.24, 2.45) is 11.8 Å². The lowest BCUT2D eigenvalue weighted by molar-refractivity contribution is -0.133. The lowest BCUT2D eigenvalue weighted by Gasteiger charge is -2.29. The summed E-state index contributed by atoms with van der Waals surface area (Å²) >= 11 is 0. The van der Waals surface area contributed by atoms with Crippen molar-refractivity contribution in [3.05, 3.63) is 35.9 Å². The number of amides is 1. The number of carbonyl (C=O) groups is 1. The molecular formula is C19H32N2O. The van der Waals surface area contributed by atoms with Crippen LogP contribution in [0.2, 0.25) is 0 Å². The van der Waals surface area contributed by atoms with E-state index in [0.717, 1.165) is 19.6 Å². The maximum atomic E-state index is 12.6. The Balaban J connectivity index is 2.64. The molecule has 22 heavy (non-hydrogen) atoms. The molecule has 3 nitrogen and oxygen atoms in total. The van der Waals surface area contributed by atoms with Crippen molar-refractivity contribution >= 4 is 5.91 Å². The fraction of sp³-hybridized carbons (Fsp3) is 0.632. The van der Waals surface area contributed by atoms with Crippen LogP contribution in [0.4, 0.5) is 0 Å². The molecule has 0 N–H and O–H groups in total. The second kappa shape index (κ2) is 9.62. The summed E-state index contributed by atoms with van der Waals surface area (Å²) < 4.78 is 0. The fourth-order valence-corrected chi connectivity index (χ4v) is 2.71. The normalized spacial score (nSPS) is 11.5. The molecule has 0 aliphatic carbocycles. The van der Waals surface area contributed by atoms with Crippen molar-refractivity contribution in [3.8, 4) is 0 Å². The van der Waals surface area contributed by atoms with Crippen LogP contribution in [0.15, 0.2) is 30.3 Å². The standard InChI is InChI=1S/C19H32N2O/c1-6-21(14-18-10-8-7-9-11-18)19(22)15-20(12-16(2)3)13-17(4)5/h7-11,16-17H,6,12-15H2,1-5H3. The molecule has 0 spiro atoms. The molecule has 0 radical (unpaired) electrons. The zero-order valence-electron chi connectivity index (χ0n) is 14.9. The van der Waals surface area contributed by atoms with E-state index in [-0.39, 0.29) is 5.91 Å². The summed E-state index contributed by atoms with van der Waals surface area (Å²) in [6.45, 7) is 14.8. The van der Waals surface area contributed by atoms with Gasteiger partial charge in [-0.15, -0.1) is 0 Å². The van der Waals surface area contributed by atoms with E-state index in [1.54, 1.807) is 0 Å². The van der Waals surface area contributed by atoms with E-state index in [2.05, 4.69) is 51.7 Å². The van der Waals surface area contributed by atoms with Crippen molar-refractivity contribution in [1.82, 2.24) is 9.80 Å². The maximum Gasteiger partial charge on any atom is 0.237 e. The van der Waals surface area contributed by atoms with Crippen LogP contribution in [-0.4, -0.2) is 41.9 Å². The Morgan fingerprint density at radius 2 is 1.55 bits per heavy atom. The summed E-state index contributed by atoms with van der Waals surface area (Å²) in [6, 6.07) is 10.2. The van der Waals surface area contributed by atoms with Crippen LogP contribution >= 0.6 is 0 Å². The van der Waals surface area contributed by atoms with Crippen molar-refractivity contribution in [1.29, 1.82) is 0 Å². The molecule has 124 valence electrons. The first-order valence-electron chi connectivity index (χ1n) is 8.46. The Bertz CT molecular complexity index is 418. The summed E-state index contributed by atoms with van der Waals surface area (Å²) in [5, 5.41) is 0. The summed E-state index contributed by atoms with van der Waals surface area (Å²) in [5.41, 5.74) is 1.19. The minimum absolute atomic E-state index is 0.229. The van der Waals surface area contributed by atoms with Gasteiger partial charge < -0.3 is 4.90 Å². The van der Waals surface area contributed by atoms with Crippen LogP contribution in [0.5, 0.6) is 0 Å². The maximum absolute atomic E-state index is 12.6. The Labute approximate surface area is 136 Å². The minimum Gasteiger partial charge on any atom is -0.338 e. The first-order chi connectivity index (χ1) is 10.4. The fourth-order valence-electron chi connectivity index (χ4n) is 2.71. The molecule has 1 amide bonds. The monoisotopic (exact) mass is 304 g/mol. The molecular weight excluding hydrogens is 272 g/mol. The summed E-state index contributed by atoms with van der Waals surface area (Å²) in [5.74, 6) is 1.39. The average molecular weight is 304 g/mol. The lowest BCUT2D eigenvalue weighted by atomic mass is 10.1. The highest BCUT2D eigenvalue weighted by Gasteiger charge is 2.18. The van der Waals surface area contributed by atoms with E-state index in [4.69, 9.17) is 0 Å². The Kier molecular flexibility index (Phi) is 8.18. The molecule has 0 heterocycles. The van der Waals surface area contributed by atoms with Crippen molar-refractivity contribution < 1.29 is 4.79 Å². The molecule has 1 rings (SSSR count). The third-order valence-electron chi connectivity index (χ3n) is 3.56. The molecule has 3 heteroatoms. The van der Waals surface area contributed by atoms with Gasteiger partial charge in [-0.05, 0) is 24.3 Å². The zero-order valence-corrected chi connectivity index (χ0v) is 14.9. The molecule has 0 aliphatic heterocycles.